The molecule has 0 aromatic rings. The molecule has 2 aliphatic rings. The summed E-state index contributed by atoms with van der Waals surface area (Å²) in [5, 5.41) is 0. The molecule has 3 atom stereocenters. The first kappa shape index (κ1) is 10.5. The van der Waals surface area contributed by atoms with Gasteiger partial charge >= 0.3 is 0 Å². The summed E-state index contributed by atoms with van der Waals surface area (Å²) in [5.41, 5.74) is 0. The van der Waals surface area contributed by atoms with Crippen LogP contribution in [0, 0.1) is 5.92 Å². The molecule has 1 heteroatoms. The molecule has 82 valence electrons. The molecular formula is C13H25N. The third-order valence-electron chi connectivity index (χ3n) is 4.57. The van der Waals surface area contributed by atoms with Gasteiger partial charge in [-0.2, -0.15) is 0 Å². The van der Waals surface area contributed by atoms with Crippen LogP contribution in [-0.4, -0.2) is 24.0 Å². The van der Waals surface area contributed by atoms with Crippen molar-refractivity contribution in [2.75, 3.05) is 7.05 Å². The highest BCUT2D eigenvalue weighted by Gasteiger charge is 2.32. The molecule has 0 radical (unpaired) electrons. The van der Waals surface area contributed by atoms with E-state index in [-0.39, 0.29) is 0 Å². The highest BCUT2D eigenvalue weighted by Crippen LogP contribution is 2.34. The zero-order chi connectivity index (χ0) is 9.97. The average Bonchev–Trinajstić information content (AvgIpc) is 2.47. The van der Waals surface area contributed by atoms with Gasteiger partial charge in [-0.05, 0) is 38.6 Å². The molecule has 0 aromatic heterocycles. The van der Waals surface area contributed by atoms with E-state index >= 15 is 0 Å². The lowest BCUT2D eigenvalue weighted by atomic mass is 9.89. The summed E-state index contributed by atoms with van der Waals surface area (Å²) >= 11 is 0. The lowest BCUT2D eigenvalue weighted by Gasteiger charge is -2.34. The first-order valence-electron chi connectivity index (χ1n) is 6.55. The van der Waals surface area contributed by atoms with E-state index in [0.29, 0.717) is 0 Å². The van der Waals surface area contributed by atoms with Gasteiger partial charge in [0, 0.05) is 12.1 Å². The number of rotatable bonds is 1. The maximum Gasteiger partial charge on any atom is 0.0123 e. The molecule has 2 rings (SSSR count). The molecule has 1 nitrogen and oxygen atoms in total. The third kappa shape index (κ3) is 1.98. The van der Waals surface area contributed by atoms with E-state index in [0.717, 1.165) is 18.0 Å². The van der Waals surface area contributed by atoms with Crippen LogP contribution in [0.3, 0.4) is 0 Å². The minimum absolute atomic E-state index is 0.912. The monoisotopic (exact) mass is 195 g/mol. The normalized spacial score (nSPS) is 40.3. The smallest absolute Gasteiger partial charge is 0.0123 e. The van der Waals surface area contributed by atoms with Gasteiger partial charge in [0.2, 0.25) is 0 Å². The Morgan fingerprint density at radius 3 is 2.50 bits per heavy atom. The van der Waals surface area contributed by atoms with Crippen LogP contribution in [0.2, 0.25) is 0 Å². The second-order valence-corrected chi connectivity index (χ2v) is 5.27. The minimum Gasteiger partial charge on any atom is -0.300 e. The zero-order valence-electron chi connectivity index (χ0n) is 9.84. The van der Waals surface area contributed by atoms with E-state index < -0.39 is 0 Å². The van der Waals surface area contributed by atoms with E-state index in [2.05, 4.69) is 18.9 Å². The number of hydrogen-bond donors (Lipinski definition) is 0. The van der Waals surface area contributed by atoms with Crippen LogP contribution in [0.25, 0.3) is 0 Å². The lowest BCUT2D eigenvalue weighted by molar-refractivity contribution is 0.138. The van der Waals surface area contributed by atoms with Gasteiger partial charge < -0.3 is 4.90 Å². The van der Waals surface area contributed by atoms with Gasteiger partial charge in [-0.15, -0.1) is 0 Å². The lowest BCUT2D eigenvalue weighted by Crippen LogP contribution is -2.40. The SMILES string of the molecule is CC[C@H]1CCC[C@H]2CCCC[C@@H]1N2C. The molecule has 0 aliphatic carbocycles. The van der Waals surface area contributed by atoms with E-state index in [1.807, 2.05) is 0 Å². The van der Waals surface area contributed by atoms with Crippen molar-refractivity contribution in [3.8, 4) is 0 Å². The molecule has 2 fully saturated rings. The van der Waals surface area contributed by atoms with Crippen LogP contribution in [0.1, 0.15) is 58.3 Å². The first-order chi connectivity index (χ1) is 6.83. The molecule has 2 saturated heterocycles. The third-order valence-corrected chi connectivity index (χ3v) is 4.57. The summed E-state index contributed by atoms with van der Waals surface area (Å²) in [4.78, 5) is 2.73. The number of fused-ring (bicyclic) bond motifs is 2. The predicted molar refractivity (Wildman–Crippen MR) is 61.4 cm³/mol. The van der Waals surface area contributed by atoms with Gasteiger partial charge in [0.1, 0.15) is 0 Å². The fraction of sp³-hybridized carbons (Fsp3) is 1.00. The van der Waals surface area contributed by atoms with E-state index in [9.17, 15) is 0 Å². The van der Waals surface area contributed by atoms with Crippen LogP contribution >= 0.6 is 0 Å². The summed E-state index contributed by atoms with van der Waals surface area (Å²) < 4.78 is 0. The Morgan fingerprint density at radius 1 is 1.00 bits per heavy atom. The van der Waals surface area contributed by atoms with Gasteiger partial charge in [-0.1, -0.05) is 32.6 Å². The zero-order valence-corrected chi connectivity index (χ0v) is 9.84. The Labute approximate surface area is 88.9 Å². The standard InChI is InChI=1S/C13H25N/c1-3-11-7-6-9-12-8-4-5-10-13(11)14(12)2/h11-13H,3-10H2,1-2H3/t11-,12+,13-/m0/s1. The van der Waals surface area contributed by atoms with Gasteiger partial charge in [0.25, 0.3) is 0 Å². The molecule has 0 saturated carbocycles. The molecule has 2 aliphatic heterocycles. The highest BCUT2D eigenvalue weighted by atomic mass is 15.2. The molecule has 0 aromatic carbocycles. The van der Waals surface area contributed by atoms with Gasteiger partial charge in [-0.3, -0.25) is 0 Å². The van der Waals surface area contributed by atoms with Crippen LogP contribution in [-0.2, 0) is 0 Å². The molecule has 2 bridgehead atoms. The summed E-state index contributed by atoms with van der Waals surface area (Å²) in [6.07, 6.45) is 11.7. The van der Waals surface area contributed by atoms with Crippen LogP contribution in [0.4, 0.5) is 0 Å². The van der Waals surface area contributed by atoms with Gasteiger partial charge in [0.05, 0.1) is 0 Å². The average molecular weight is 195 g/mol. The topological polar surface area (TPSA) is 3.24 Å². The van der Waals surface area contributed by atoms with Crippen molar-refractivity contribution in [2.24, 2.45) is 5.92 Å². The Bertz CT molecular complexity index is 178. The molecule has 0 spiro atoms. The largest absolute Gasteiger partial charge is 0.300 e. The summed E-state index contributed by atoms with van der Waals surface area (Å²) in [7, 11) is 2.38. The Morgan fingerprint density at radius 2 is 1.71 bits per heavy atom. The van der Waals surface area contributed by atoms with Crippen LogP contribution < -0.4 is 0 Å². The van der Waals surface area contributed by atoms with Crippen molar-refractivity contribution >= 4 is 0 Å². The maximum absolute atomic E-state index is 2.73. The van der Waals surface area contributed by atoms with Crippen LogP contribution in [0.15, 0.2) is 0 Å². The van der Waals surface area contributed by atoms with Crippen molar-refractivity contribution in [3.63, 3.8) is 0 Å². The van der Waals surface area contributed by atoms with Crippen molar-refractivity contribution < 1.29 is 0 Å². The molecule has 14 heavy (non-hydrogen) atoms. The maximum atomic E-state index is 2.73. The van der Waals surface area contributed by atoms with E-state index in [1.165, 1.54) is 51.4 Å². The van der Waals surface area contributed by atoms with Gasteiger partial charge in [-0.25, -0.2) is 0 Å². The second-order valence-electron chi connectivity index (χ2n) is 5.27. The summed E-state index contributed by atoms with van der Waals surface area (Å²) in [6.45, 7) is 2.38. The van der Waals surface area contributed by atoms with Crippen molar-refractivity contribution in [1.82, 2.24) is 4.90 Å². The van der Waals surface area contributed by atoms with E-state index in [4.69, 9.17) is 0 Å². The van der Waals surface area contributed by atoms with Crippen molar-refractivity contribution in [3.05, 3.63) is 0 Å². The Balaban J connectivity index is 2.12. The van der Waals surface area contributed by atoms with E-state index in [1.54, 1.807) is 0 Å². The molecule has 2 heterocycles. The summed E-state index contributed by atoms with van der Waals surface area (Å²) in [5.74, 6) is 0.989. The van der Waals surface area contributed by atoms with Gasteiger partial charge in [0.15, 0.2) is 0 Å². The quantitative estimate of drug-likeness (QED) is 0.619. The molecule has 0 unspecified atom stereocenters. The first-order valence-corrected chi connectivity index (χ1v) is 6.55. The Hall–Kier alpha value is -0.0400. The number of nitrogens with zero attached hydrogens (tertiary/aromatic N) is 1. The Kier molecular flexibility index (Phi) is 3.48. The second kappa shape index (κ2) is 4.65. The van der Waals surface area contributed by atoms with Crippen molar-refractivity contribution in [2.45, 2.75) is 70.4 Å². The molecule has 0 N–H and O–H groups in total. The van der Waals surface area contributed by atoms with Crippen molar-refractivity contribution in [1.29, 1.82) is 0 Å². The fourth-order valence-corrected chi connectivity index (χ4v) is 3.61. The predicted octanol–water partition coefficient (Wildman–Crippen LogP) is 3.44. The van der Waals surface area contributed by atoms with Crippen LogP contribution in [0.5, 0.6) is 0 Å². The fourth-order valence-electron chi connectivity index (χ4n) is 3.61. The molecular weight excluding hydrogens is 170 g/mol. The molecule has 0 amide bonds. The summed E-state index contributed by atoms with van der Waals surface area (Å²) in [6, 6.07) is 1.83. The number of hydrogen-bond acceptors (Lipinski definition) is 1. The minimum atomic E-state index is 0.912. The highest BCUT2D eigenvalue weighted by molar-refractivity contribution is 4.87.